The van der Waals surface area contributed by atoms with E-state index in [0.717, 1.165) is 19.7 Å². The first-order chi connectivity index (χ1) is 7.86. The number of hydrogen-bond donors (Lipinski definition) is 1. The standard InChI is InChI=1S/C13H20N2O/c1-2-15-8-9-16-12(10-14)13(15)11-6-4-3-5-7-11/h3-7,12-13H,2,8-10,14H2,1H3/t12-,13-/m1/s1. The van der Waals surface area contributed by atoms with E-state index in [-0.39, 0.29) is 6.10 Å². The van der Waals surface area contributed by atoms with Crippen LogP contribution in [0, 0.1) is 0 Å². The first-order valence-electron chi connectivity index (χ1n) is 5.97. The van der Waals surface area contributed by atoms with Crippen molar-refractivity contribution >= 4 is 0 Å². The Labute approximate surface area is 97.2 Å². The second-order valence-corrected chi connectivity index (χ2v) is 4.13. The second-order valence-electron chi connectivity index (χ2n) is 4.13. The quantitative estimate of drug-likeness (QED) is 0.837. The molecule has 1 fully saturated rings. The largest absolute Gasteiger partial charge is 0.374 e. The van der Waals surface area contributed by atoms with E-state index in [4.69, 9.17) is 10.5 Å². The number of ether oxygens (including phenoxy) is 1. The van der Waals surface area contributed by atoms with Crippen molar-refractivity contribution in [1.82, 2.24) is 4.90 Å². The van der Waals surface area contributed by atoms with E-state index in [1.807, 2.05) is 6.07 Å². The molecule has 3 heteroatoms. The van der Waals surface area contributed by atoms with E-state index in [2.05, 4.69) is 36.1 Å². The van der Waals surface area contributed by atoms with Crippen LogP contribution in [-0.4, -0.2) is 37.2 Å². The van der Waals surface area contributed by atoms with Gasteiger partial charge in [0.1, 0.15) is 0 Å². The summed E-state index contributed by atoms with van der Waals surface area (Å²) in [4.78, 5) is 2.44. The average molecular weight is 220 g/mol. The molecule has 1 aliphatic heterocycles. The molecule has 0 radical (unpaired) electrons. The molecule has 1 aromatic carbocycles. The van der Waals surface area contributed by atoms with Crippen molar-refractivity contribution < 1.29 is 4.74 Å². The molecule has 1 aliphatic rings. The van der Waals surface area contributed by atoms with Crippen LogP contribution in [0.4, 0.5) is 0 Å². The van der Waals surface area contributed by atoms with Gasteiger partial charge >= 0.3 is 0 Å². The molecule has 1 aromatic rings. The van der Waals surface area contributed by atoms with Gasteiger partial charge in [-0.05, 0) is 12.1 Å². The molecule has 16 heavy (non-hydrogen) atoms. The molecule has 0 bridgehead atoms. The van der Waals surface area contributed by atoms with Crippen molar-refractivity contribution in [3.05, 3.63) is 35.9 Å². The average Bonchev–Trinajstić information content (AvgIpc) is 2.38. The zero-order valence-corrected chi connectivity index (χ0v) is 9.80. The molecular formula is C13H20N2O. The number of rotatable bonds is 3. The maximum absolute atomic E-state index is 5.80. The van der Waals surface area contributed by atoms with Gasteiger partial charge < -0.3 is 10.5 Å². The van der Waals surface area contributed by atoms with E-state index in [0.29, 0.717) is 12.6 Å². The fourth-order valence-electron chi connectivity index (χ4n) is 2.41. The minimum atomic E-state index is 0.121. The molecule has 1 saturated heterocycles. The highest BCUT2D eigenvalue weighted by atomic mass is 16.5. The third kappa shape index (κ3) is 2.26. The summed E-state index contributed by atoms with van der Waals surface area (Å²) in [7, 11) is 0. The summed E-state index contributed by atoms with van der Waals surface area (Å²) in [6, 6.07) is 10.8. The molecule has 88 valence electrons. The Balaban J connectivity index is 2.24. The predicted molar refractivity (Wildman–Crippen MR) is 65.2 cm³/mol. The van der Waals surface area contributed by atoms with Gasteiger partial charge in [0.05, 0.1) is 18.8 Å². The van der Waals surface area contributed by atoms with Crippen molar-refractivity contribution in [1.29, 1.82) is 0 Å². The van der Waals surface area contributed by atoms with E-state index in [1.54, 1.807) is 0 Å². The Kier molecular flexibility index (Phi) is 3.93. The number of morpholine rings is 1. The van der Waals surface area contributed by atoms with Gasteiger partial charge in [0.2, 0.25) is 0 Å². The lowest BCUT2D eigenvalue weighted by molar-refractivity contribution is -0.0658. The van der Waals surface area contributed by atoms with Crippen LogP contribution in [0.3, 0.4) is 0 Å². The smallest absolute Gasteiger partial charge is 0.0894 e. The number of hydrogen-bond acceptors (Lipinski definition) is 3. The van der Waals surface area contributed by atoms with E-state index < -0.39 is 0 Å². The molecular weight excluding hydrogens is 200 g/mol. The molecule has 2 N–H and O–H groups in total. The summed E-state index contributed by atoms with van der Waals surface area (Å²) in [6.07, 6.45) is 0.121. The molecule has 2 atom stereocenters. The van der Waals surface area contributed by atoms with Crippen LogP contribution in [-0.2, 0) is 4.74 Å². The Bertz CT molecular complexity index is 303. The zero-order chi connectivity index (χ0) is 11.4. The van der Waals surface area contributed by atoms with Crippen molar-refractivity contribution in [3.8, 4) is 0 Å². The highest BCUT2D eigenvalue weighted by molar-refractivity contribution is 5.21. The highest BCUT2D eigenvalue weighted by Crippen LogP contribution is 2.28. The second kappa shape index (κ2) is 5.43. The van der Waals surface area contributed by atoms with Crippen LogP contribution in [0.5, 0.6) is 0 Å². The molecule has 0 aromatic heterocycles. The lowest BCUT2D eigenvalue weighted by atomic mass is 9.98. The van der Waals surface area contributed by atoms with Crippen LogP contribution in [0.2, 0.25) is 0 Å². The van der Waals surface area contributed by atoms with Gasteiger partial charge in [-0.25, -0.2) is 0 Å². The predicted octanol–water partition coefficient (Wildman–Crippen LogP) is 1.41. The lowest BCUT2D eigenvalue weighted by Gasteiger charge is -2.40. The Hall–Kier alpha value is -0.900. The van der Waals surface area contributed by atoms with Crippen molar-refractivity contribution in [2.24, 2.45) is 5.73 Å². The zero-order valence-electron chi connectivity index (χ0n) is 9.80. The summed E-state index contributed by atoms with van der Waals surface area (Å²) in [6.45, 7) is 5.59. The van der Waals surface area contributed by atoms with Crippen molar-refractivity contribution in [2.75, 3.05) is 26.2 Å². The minimum Gasteiger partial charge on any atom is -0.374 e. The Morgan fingerprint density at radius 2 is 2.12 bits per heavy atom. The van der Waals surface area contributed by atoms with Crippen LogP contribution < -0.4 is 5.73 Å². The van der Waals surface area contributed by atoms with Crippen LogP contribution >= 0.6 is 0 Å². The van der Waals surface area contributed by atoms with Gasteiger partial charge in [-0.3, -0.25) is 4.90 Å². The molecule has 0 amide bonds. The molecule has 0 aliphatic carbocycles. The van der Waals surface area contributed by atoms with E-state index in [9.17, 15) is 0 Å². The first kappa shape index (κ1) is 11.6. The first-order valence-corrected chi connectivity index (χ1v) is 5.97. The third-order valence-electron chi connectivity index (χ3n) is 3.24. The van der Waals surface area contributed by atoms with Gasteiger partial charge in [0, 0.05) is 13.1 Å². The monoisotopic (exact) mass is 220 g/mol. The number of nitrogens with two attached hydrogens (primary N) is 1. The van der Waals surface area contributed by atoms with Gasteiger partial charge in [-0.2, -0.15) is 0 Å². The molecule has 0 unspecified atom stereocenters. The summed E-state index contributed by atoms with van der Waals surface area (Å²) in [5.74, 6) is 0. The maximum Gasteiger partial charge on any atom is 0.0894 e. The lowest BCUT2D eigenvalue weighted by Crippen LogP contribution is -2.48. The van der Waals surface area contributed by atoms with E-state index >= 15 is 0 Å². The van der Waals surface area contributed by atoms with Crippen LogP contribution in [0.15, 0.2) is 30.3 Å². The van der Waals surface area contributed by atoms with E-state index in [1.165, 1.54) is 5.56 Å². The van der Waals surface area contributed by atoms with Crippen LogP contribution in [0.1, 0.15) is 18.5 Å². The van der Waals surface area contributed by atoms with Crippen LogP contribution in [0.25, 0.3) is 0 Å². The molecule has 3 nitrogen and oxygen atoms in total. The molecule has 2 rings (SSSR count). The summed E-state index contributed by atoms with van der Waals surface area (Å²) < 4.78 is 5.76. The van der Waals surface area contributed by atoms with Gasteiger partial charge in [-0.15, -0.1) is 0 Å². The van der Waals surface area contributed by atoms with Gasteiger partial charge in [0.25, 0.3) is 0 Å². The van der Waals surface area contributed by atoms with Gasteiger partial charge in [-0.1, -0.05) is 37.3 Å². The Morgan fingerprint density at radius 3 is 2.75 bits per heavy atom. The molecule has 1 heterocycles. The highest BCUT2D eigenvalue weighted by Gasteiger charge is 2.31. The topological polar surface area (TPSA) is 38.5 Å². The Morgan fingerprint density at radius 1 is 1.38 bits per heavy atom. The van der Waals surface area contributed by atoms with Crippen molar-refractivity contribution in [2.45, 2.75) is 19.1 Å². The summed E-state index contributed by atoms with van der Waals surface area (Å²) >= 11 is 0. The normalized spacial score (nSPS) is 26.9. The molecule has 0 saturated carbocycles. The number of nitrogens with zero attached hydrogens (tertiary/aromatic N) is 1. The fraction of sp³-hybridized carbons (Fsp3) is 0.538. The summed E-state index contributed by atoms with van der Waals surface area (Å²) in [5.41, 5.74) is 7.10. The molecule has 0 spiro atoms. The van der Waals surface area contributed by atoms with Gasteiger partial charge in [0.15, 0.2) is 0 Å². The number of likely N-dealkylation sites (N-methyl/N-ethyl adjacent to an activating group) is 1. The number of benzene rings is 1. The third-order valence-corrected chi connectivity index (χ3v) is 3.24. The SMILES string of the molecule is CCN1CCO[C@H](CN)[C@H]1c1ccccc1. The maximum atomic E-state index is 5.80. The summed E-state index contributed by atoms with van der Waals surface area (Å²) in [5, 5.41) is 0. The van der Waals surface area contributed by atoms with Crippen molar-refractivity contribution in [3.63, 3.8) is 0 Å². The minimum absolute atomic E-state index is 0.121. The fourth-order valence-corrected chi connectivity index (χ4v) is 2.41.